The van der Waals surface area contributed by atoms with Gasteiger partial charge in [-0.15, -0.1) is 6.58 Å². The van der Waals surface area contributed by atoms with Gasteiger partial charge in [0.2, 0.25) is 0 Å². The minimum Gasteiger partial charge on any atom is -0.251 e. The van der Waals surface area contributed by atoms with Crippen molar-refractivity contribution in [2.24, 2.45) is 0 Å². The summed E-state index contributed by atoms with van der Waals surface area (Å²) in [6, 6.07) is 18.4. The van der Waals surface area contributed by atoms with E-state index in [4.69, 9.17) is 0 Å². The average Bonchev–Trinajstić information content (AvgIpc) is 2.93. The molecule has 0 atom stereocenters. The lowest BCUT2D eigenvalue weighted by atomic mass is 9.94. The highest BCUT2D eigenvalue weighted by Crippen LogP contribution is 2.28. The maximum absolute atomic E-state index is 15.0. The van der Waals surface area contributed by atoms with Crippen LogP contribution in [0.25, 0.3) is 11.1 Å². The van der Waals surface area contributed by atoms with E-state index >= 15 is 4.39 Å². The van der Waals surface area contributed by atoms with Crippen LogP contribution in [-0.2, 0) is 38.5 Å². The molecule has 0 nitrogen and oxygen atoms in total. The van der Waals surface area contributed by atoms with Crippen molar-refractivity contribution in [2.75, 3.05) is 6.67 Å². The molecule has 4 rings (SSSR count). The Morgan fingerprint density at radius 1 is 0.641 bits per heavy atom. The van der Waals surface area contributed by atoms with Crippen molar-refractivity contribution >= 4 is 0 Å². The Kier molecular flexibility index (Phi) is 9.34. The molecule has 0 fully saturated rings. The first-order valence-electron chi connectivity index (χ1n) is 13.1. The number of rotatable bonds is 11. The van der Waals surface area contributed by atoms with Crippen LogP contribution in [0.2, 0.25) is 0 Å². The van der Waals surface area contributed by atoms with Crippen molar-refractivity contribution in [2.45, 2.75) is 45.4 Å². The van der Waals surface area contributed by atoms with Gasteiger partial charge in [-0.05, 0) is 95.7 Å². The van der Waals surface area contributed by atoms with E-state index in [1.54, 1.807) is 37.3 Å². The van der Waals surface area contributed by atoms with Crippen LogP contribution in [0, 0.1) is 30.2 Å². The van der Waals surface area contributed by atoms with Gasteiger partial charge in [0.05, 0.1) is 6.67 Å². The van der Waals surface area contributed by atoms with Gasteiger partial charge in [-0.1, -0.05) is 60.7 Å². The van der Waals surface area contributed by atoms with Gasteiger partial charge in [-0.25, -0.2) is 17.6 Å². The molecule has 0 N–H and O–H groups in total. The predicted molar refractivity (Wildman–Crippen MR) is 148 cm³/mol. The van der Waals surface area contributed by atoms with Crippen molar-refractivity contribution in [3.05, 3.63) is 142 Å². The van der Waals surface area contributed by atoms with Crippen molar-refractivity contribution in [1.82, 2.24) is 0 Å². The fourth-order valence-electron chi connectivity index (χ4n) is 4.86. The average molecular weight is 535 g/mol. The van der Waals surface area contributed by atoms with Crippen molar-refractivity contribution in [3.63, 3.8) is 0 Å². The van der Waals surface area contributed by atoms with E-state index in [2.05, 4.69) is 6.58 Å². The van der Waals surface area contributed by atoms with E-state index in [0.717, 1.165) is 35.2 Å². The fraction of sp³-hybridized carbons (Fsp3) is 0.235. The van der Waals surface area contributed by atoms with Crippen molar-refractivity contribution in [1.29, 1.82) is 0 Å². The summed E-state index contributed by atoms with van der Waals surface area (Å²) in [5, 5.41) is 0. The maximum atomic E-state index is 15.0. The zero-order valence-corrected chi connectivity index (χ0v) is 22.0. The molecule has 0 heterocycles. The molecule has 0 unspecified atom stereocenters. The Hall–Kier alpha value is -3.73. The summed E-state index contributed by atoms with van der Waals surface area (Å²) >= 11 is 0. The van der Waals surface area contributed by atoms with E-state index in [0.29, 0.717) is 29.5 Å². The standard InChI is InChI=1S/C34H31F5/c1-3-4-23-5-7-24(8-6-23)11-16-29-22(2)19-28(33(38)34(29)39)15-14-27-20-32(37)30(21-31(27)36)26-12-9-25(10-13-26)17-18-35/h3,5-10,12-13,19-21H,1,4,11,14-18H2,2H3. The number of allylic oxidation sites excluding steroid dienone is 1. The number of hydrogen-bond donors (Lipinski definition) is 0. The van der Waals surface area contributed by atoms with Crippen LogP contribution in [0.4, 0.5) is 22.0 Å². The molecular formula is C34H31F5. The Labute approximate surface area is 226 Å². The van der Waals surface area contributed by atoms with Crippen LogP contribution >= 0.6 is 0 Å². The quantitative estimate of drug-likeness (QED) is 0.133. The van der Waals surface area contributed by atoms with Crippen LogP contribution in [-0.4, -0.2) is 6.67 Å². The molecule has 0 amide bonds. The monoisotopic (exact) mass is 534 g/mol. The first-order valence-corrected chi connectivity index (χ1v) is 13.1. The smallest absolute Gasteiger partial charge is 0.162 e. The number of alkyl halides is 1. The van der Waals surface area contributed by atoms with E-state index in [1.807, 2.05) is 30.3 Å². The summed E-state index contributed by atoms with van der Waals surface area (Å²) in [7, 11) is 0. The molecule has 4 aromatic carbocycles. The summed E-state index contributed by atoms with van der Waals surface area (Å²) in [6.07, 6.45) is 3.84. The predicted octanol–water partition coefficient (Wildman–Crippen LogP) is 9.03. The first kappa shape index (κ1) is 28.3. The number of hydrogen-bond acceptors (Lipinski definition) is 0. The molecule has 39 heavy (non-hydrogen) atoms. The molecule has 0 radical (unpaired) electrons. The largest absolute Gasteiger partial charge is 0.251 e. The molecule has 0 aliphatic rings. The Morgan fingerprint density at radius 2 is 1.26 bits per heavy atom. The third-order valence-electron chi connectivity index (χ3n) is 7.12. The molecule has 0 aromatic heterocycles. The molecule has 0 spiro atoms. The van der Waals surface area contributed by atoms with Gasteiger partial charge in [0.15, 0.2) is 11.6 Å². The minimum absolute atomic E-state index is 0.0185. The lowest BCUT2D eigenvalue weighted by Crippen LogP contribution is -2.06. The first-order chi connectivity index (χ1) is 18.8. The molecule has 0 bridgehead atoms. The van der Waals surface area contributed by atoms with E-state index in [1.165, 1.54) is 0 Å². The molecule has 0 saturated carbocycles. The van der Waals surface area contributed by atoms with Crippen molar-refractivity contribution < 1.29 is 22.0 Å². The maximum Gasteiger partial charge on any atom is 0.162 e. The van der Waals surface area contributed by atoms with Crippen LogP contribution in [0.1, 0.15) is 38.9 Å². The number of aryl methyl sites for hydroxylation is 5. The second-order valence-electron chi connectivity index (χ2n) is 9.83. The Morgan fingerprint density at radius 3 is 1.92 bits per heavy atom. The van der Waals surface area contributed by atoms with Crippen LogP contribution in [0.5, 0.6) is 0 Å². The normalized spacial score (nSPS) is 11.1. The highest BCUT2D eigenvalue weighted by Gasteiger charge is 2.18. The Bertz CT molecular complexity index is 1440. The topological polar surface area (TPSA) is 0 Å². The highest BCUT2D eigenvalue weighted by atomic mass is 19.2. The fourth-order valence-corrected chi connectivity index (χ4v) is 4.86. The lowest BCUT2D eigenvalue weighted by molar-refractivity contribution is 0.487. The summed E-state index contributed by atoms with van der Waals surface area (Å²) < 4.78 is 72.3. The third kappa shape index (κ3) is 6.83. The second-order valence-corrected chi connectivity index (χ2v) is 9.83. The van der Waals surface area contributed by atoms with Crippen LogP contribution in [0.15, 0.2) is 79.4 Å². The highest BCUT2D eigenvalue weighted by molar-refractivity contribution is 5.65. The van der Waals surface area contributed by atoms with Gasteiger partial charge in [-0.2, -0.15) is 0 Å². The van der Waals surface area contributed by atoms with Crippen LogP contribution in [0.3, 0.4) is 0 Å². The Balaban J connectivity index is 1.45. The molecule has 202 valence electrons. The summed E-state index contributed by atoms with van der Waals surface area (Å²) in [6.45, 7) is 4.98. The van der Waals surface area contributed by atoms with Gasteiger partial charge < -0.3 is 0 Å². The summed E-state index contributed by atoms with van der Waals surface area (Å²) in [4.78, 5) is 0. The molecule has 5 heteroatoms. The zero-order chi connectivity index (χ0) is 27.9. The van der Waals surface area contributed by atoms with Crippen molar-refractivity contribution in [3.8, 4) is 11.1 Å². The zero-order valence-electron chi connectivity index (χ0n) is 22.0. The van der Waals surface area contributed by atoms with Gasteiger partial charge in [-0.3, -0.25) is 4.39 Å². The minimum atomic E-state index is -0.942. The third-order valence-corrected chi connectivity index (χ3v) is 7.12. The lowest BCUT2D eigenvalue weighted by Gasteiger charge is -2.14. The second kappa shape index (κ2) is 12.9. The summed E-state index contributed by atoms with van der Waals surface area (Å²) in [5.41, 5.74) is 4.69. The van der Waals surface area contributed by atoms with Gasteiger partial charge in [0.1, 0.15) is 11.6 Å². The number of benzene rings is 4. The van der Waals surface area contributed by atoms with Gasteiger partial charge in [0.25, 0.3) is 0 Å². The van der Waals surface area contributed by atoms with Crippen LogP contribution < -0.4 is 0 Å². The molecule has 0 aliphatic carbocycles. The number of halogens is 5. The van der Waals surface area contributed by atoms with Gasteiger partial charge >= 0.3 is 0 Å². The van der Waals surface area contributed by atoms with E-state index in [9.17, 15) is 17.6 Å². The summed E-state index contributed by atoms with van der Waals surface area (Å²) in [5.74, 6) is -3.05. The van der Waals surface area contributed by atoms with E-state index < -0.39 is 29.9 Å². The molecule has 0 aliphatic heterocycles. The van der Waals surface area contributed by atoms with Gasteiger partial charge in [0, 0.05) is 12.0 Å². The molecule has 0 saturated heterocycles. The van der Waals surface area contributed by atoms with E-state index in [-0.39, 0.29) is 36.0 Å². The molecule has 4 aromatic rings. The SMILES string of the molecule is C=CCc1ccc(CCc2c(C)cc(CCc3cc(F)c(-c4ccc(CCF)cc4)cc3F)c(F)c2F)cc1. The molecular weight excluding hydrogens is 503 g/mol.